The highest BCUT2D eigenvalue weighted by molar-refractivity contribution is 8.13. The van der Waals surface area contributed by atoms with Gasteiger partial charge >= 0.3 is 18.0 Å². The normalized spacial score (nSPS) is 13.8. The zero-order valence-electron chi connectivity index (χ0n) is 35.3. The second-order valence-corrected chi connectivity index (χ2v) is 23.8. The minimum absolute atomic E-state index is 0.0336. The third-order valence-electron chi connectivity index (χ3n) is 7.98. The van der Waals surface area contributed by atoms with E-state index < -0.39 is 67.6 Å². The van der Waals surface area contributed by atoms with E-state index in [1.807, 2.05) is 0 Å². The molecule has 0 aliphatic rings. The molecule has 316 valence electrons. The fourth-order valence-corrected chi connectivity index (χ4v) is 7.09. The number of nitrogens with zero attached hydrogens (tertiary/aromatic N) is 1. The molecule has 3 N–H and O–H groups in total. The van der Waals surface area contributed by atoms with Crippen LogP contribution in [-0.2, 0) is 33.4 Å². The number of allylic oxidation sites excluding steroid dienone is 2. The smallest absolute Gasteiger partial charge is 0.408 e. The third kappa shape index (κ3) is 22.3. The molecule has 0 saturated carbocycles. The van der Waals surface area contributed by atoms with Gasteiger partial charge in [0.05, 0.1) is 19.1 Å². The lowest BCUT2D eigenvalue weighted by Crippen LogP contribution is -2.48. The molecule has 1 aromatic rings. The summed E-state index contributed by atoms with van der Waals surface area (Å²) < 4.78 is 16.5. The van der Waals surface area contributed by atoms with Crippen molar-refractivity contribution < 1.29 is 43.0 Å². The Kier molecular flexibility index (Phi) is 23.2. The van der Waals surface area contributed by atoms with E-state index in [1.165, 1.54) is 29.6 Å². The molecule has 0 saturated heterocycles. The summed E-state index contributed by atoms with van der Waals surface area (Å²) in [6.07, 6.45) is 9.47. The highest BCUT2D eigenvalue weighted by Crippen LogP contribution is 2.20. The largest absolute Gasteiger partial charge is 0.466 e. The van der Waals surface area contributed by atoms with E-state index in [0.29, 0.717) is 23.6 Å². The van der Waals surface area contributed by atoms with Crippen molar-refractivity contribution in [2.45, 2.75) is 156 Å². The number of rotatable bonds is 24. The van der Waals surface area contributed by atoms with Gasteiger partial charge in [0.25, 0.3) is 11.8 Å². The summed E-state index contributed by atoms with van der Waals surface area (Å²) in [6, 6.07) is -0.867. The van der Waals surface area contributed by atoms with Gasteiger partial charge in [0.15, 0.2) is 5.12 Å². The van der Waals surface area contributed by atoms with Crippen molar-refractivity contribution in [3.63, 3.8) is 0 Å². The monoisotopic (exact) mass is 838 g/mol. The van der Waals surface area contributed by atoms with Crippen molar-refractivity contribution in [1.82, 2.24) is 20.9 Å². The first kappa shape index (κ1) is 50.5. The number of hydrogen-bond acceptors (Lipinski definition) is 12. The van der Waals surface area contributed by atoms with Gasteiger partial charge in [-0.1, -0.05) is 90.0 Å². The standard InChI is InChI=1S/C40H66N4O9S2Si/c1-12-14-15-16-17-21-33(46)54-23-19-18-20-29(25-32(45)51-22-24-56(9,10)11)52-38(49)34(27(3)4)44-35(47)30(13-2)42-36(48)31-26-55-37(43-31)28(5)41-39(50)53-40(6,7)8/h13,18,20,26-29,34H,12,14-17,19,21-25H2,1-11H3,(H,41,50)(H,42,48)(H,44,47)/t28-,29-,34+/m1/s1. The van der Waals surface area contributed by atoms with Crippen LogP contribution in [0.15, 0.2) is 29.3 Å². The van der Waals surface area contributed by atoms with Crippen LogP contribution < -0.4 is 16.0 Å². The van der Waals surface area contributed by atoms with Gasteiger partial charge in [0.2, 0.25) is 0 Å². The lowest BCUT2D eigenvalue weighted by Gasteiger charge is -2.24. The first-order valence-electron chi connectivity index (χ1n) is 19.6. The Labute approximate surface area is 343 Å². The molecule has 1 aromatic heterocycles. The quantitative estimate of drug-likeness (QED) is 0.0228. The molecule has 56 heavy (non-hydrogen) atoms. The Bertz CT molecular complexity index is 1500. The van der Waals surface area contributed by atoms with E-state index in [2.05, 4.69) is 47.5 Å². The molecular weight excluding hydrogens is 773 g/mol. The van der Waals surface area contributed by atoms with Gasteiger partial charge < -0.3 is 30.2 Å². The van der Waals surface area contributed by atoms with Crippen molar-refractivity contribution in [2.75, 3.05) is 12.4 Å². The van der Waals surface area contributed by atoms with Crippen molar-refractivity contribution in [2.24, 2.45) is 5.92 Å². The second-order valence-electron chi connectivity index (χ2n) is 16.1. The minimum Gasteiger partial charge on any atom is -0.466 e. The summed E-state index contributed by atoms with van der Waals surface area (Å²) in [7, 11) is -1.44. The summed E-state index contributed by atoms with van der Waals surface area (Å²) >= 11 is 2.43. The molecule has 0 bridgehead atoms. The predicted octanol–water partition coefficient (Wildman–Crippen LogP) is 8.25. The zero-order valence-corrected chi connectivity index (χ0v) is 38.0. The third-order valence-corrected chi connectivity index (χ3v) is 11.7. The Morgan fingerprint density at radius 3 is 2.29 bits per heavy atom. The molecule has 3 amide bonds. The minimum atomic E-state index is -1.44. The summed E-state index contributed by atoms with van der Waals surface area (Å²) in [5.74, 6) is -2.52. The molecule has 0 radical (unpaired) electrons. The first-order valence-corrected chi connectivity index (χ1v) is 25.1. The van der Waals surface area contributed by atoms with Crippen LogP contribution in [-0.4, -0.2) is 78.1 Å². The number of hydrogen-bond donors (Lipinski definition) is 3. The maximum atomic E-state index is 13.6. The van der Waals surface area contributed by atoms with Crippen LogP contribution in [0.5, 0.6) is 0 Å². The number of amides is 3. The molecule has 1 heterocycles. The molecule has 13 nitrogen and oxygen atoms in total. The highest BCUT2D eigenvalue weighted by atomic mass is 32.2. The Morgan fingerprint density at radius 2 is 1.68 bits per heavy atom. The van der Waals surface area contributed by atoms with Gasteiger partial charge in [-0.25, -0.2) is 14.6 Å². The average Bonchev–Trinajstić information content (AvgIpc) is 3.58. The first-order chi connectivity index (χ1) is 26.1. The molecule has 16 heteroatoms. The topological polar surface area (TPSA) is 179 Å². The maximum absolute atomic E-state index is 13.6. The number of alkyl carbamates (subject to hydrolysis) is 1. The average molecular weight is 839 g/mol. The number of thiazole rings is 1. The summed E-state index contributed by atoms with van der Waals surface area (Å²) in [5.41, 5.74) is -0.758. The molecular formula is C40H66N4O9S2Si. The number of esters is 2. The Hall–Kier alpha value is -3.50. The number of thioether (sulfide) groups is 1. The van der Waals surface area contributed by atoms with E-state index in [1.54, 1.807) is 60.6 Å². The zero-order chi connectivity index (χ0) is 42.5. The van der Waals surface area contributed by atoms with Gasteiger partial charge in [-0.05, 0) is 65.5 Å². The van der Waals surface area contributed by atoms with Gasteiger partial charge in [-0.2, -0.15) is 0 Å². The maximum Gasteiger partial charge on any atom is 0.408 e. The second kappa shape index (κ2) is 25.7. The Balaban J connectivity index is 2.94. The van der Waals surface area contributed by atoms with Crippen LogP contribution in [0.3, 0.4) is 0 Å². The fraction of sp³-hybridized carbons (Fsp3) is 0.675. The molecule has 0 fully saturated rings. The van der Waals surface area contributed by atoms with E-state index in [0.717, 1.165) is 43.1 Å². The molecule has 0 aliphatic carbocycles. The van der Waals surface area contributed by atoms with Crippen LogP contribution in [0.4, 0.5) is 4.79 Å². The van der Waals surface area contributed by atoms with Crippen LogP contribution in [0.25, 0.3) is 0 Å². The van der Waals surface area contributed by atoms with Gasteiger partial charge in [0.1, 0.15) is 34.1 Å². The molecule has 3 atom stereocenters. The van der Waals surface area contributed by atoms with Gasteiger partial charge in [-0.15, -0.1) is 11.3 Å². The van der Waals surface area contributed by atoms with Crippen LogP contribution >= 0.6 is 23.1 Å². The summed E-state index contributed by atoms with van der Waals surface area (Å²) in [6.45, 7) is 21.0. The van der Waals surface area contributed by atoms with Crippen LogP contribution in [0, 0.1) is 5.92 Å². The van der Waals surface area contributed by atoms with E-state index >= 15 is 0 Å². The summed E-state index contributed by atoms with van der Waals surface area (Å²) in [5, 5.41) is 10.0. The predicted molar refractivity (Wildman–Crippen MR) is 226 cm³/mol. The lowest BCUT2D eigenvalue weighted by molar-refractivity contribution is -0.156. The molecule has 0 spiro atoms. The van der Waals surface area contributed by atoms with Gasteiger partial charge in [0, 0.05) is 25.6 Å². The number of ether oxygens (including phenoxy) is 3. The van der Waals surface area contributed by atoms with Crippen molar-refractivity contribution in [3.8, 4) is 0 Å². The number of unbranched alkanes of at least 4 members (excludes halogenated alkanes) is 4. The van der Waals surface area contributed by atoms with Crippen LogP contribution in [0.2, 0.25) is 25.7 Å². The van der Waals surface area contributed by atoms with Gasteiger partial charge in [-0.3, -0.25) is 19.2 Å². The molecule has 1 rings (SSSR count). The number of nitrogens with one attached hydrogen (secondary N) is 3. The molecule has 0 unspecified atom stereocenters. The fourth-order valence-electron chi connectivity index (χ4n) is 4.80. The van der Waals surface area contributed by atoms with Crippen molar-refractivity contribution in [1.29, 1.82) is 0 Å². The Morgan fingerprint density at radius 1 is 1.00 bits per heavy atom. The highest BCUT2D eigenvalue weighted by Gasteiger charge is 2.30. The van der Waals surface area contributed by atoms with E-state index in [4.69, 9.17) is 14.2 Å². The van der Waals surface area contributed by atoms with Crippen molar-refractivity contribution in [3.05, 3.63) is 40.0 Å². The lowest BCUT2D eigenvalue weighted by atomic mass is 10.0. The van der Waals surface area contributed by atoms with E-state index in [-0.39, 0.29) is 29.5 Å². The number of aromatic nitrogens is 1. The number of carbonyl (C=O) groups is 6. The molecule has 0 aromatic carbocycles. The SMILES string of the molecule is CC=C(NC(=O)c1csc([C@@H](C)NC(=O)OC(C)(C)C)n1)C(=O)N[C@H](C(=O)O[C@H](C=CCCSC(=O)CCCCCCC)CC(=O)OCC[Si](C)(C)C)C(C)C. The molecule has 0 aliphatic heterocycles. The number of carbonyl (C=O) groups excluding carboxylic acids is 6. The summed E-state index contributed by atoms with van der Waals surface area (Å²) in [4.78, 5) is 81.6. The van der Waals surface area contributed by atoms with E-state index in [9.17, 15) is 28.8 Å². The van der Waals surface area contributed by atoms with Crippen molar-refractivity contribution >= 4 is 66.1 Å². The van der Waals surface area contributed by atoms with Crippen LogP contribution in [0.1, 0.15) is 128 Å².